The molecule has 2 aliphatic rings. The Morgan fingerprint density at radius 1 is 1.15 bits per heavy atom. The van der Waals surface area contributed by atoms with Gasteiger partial charge in [-0.05, 0) is 31.7 Å². The molecular weight excluding hydrogens is 367 g/mol. The summed E-state index contributed by atoms with van der Waals surface area (Å²) in [5.74, 6) is 0.398. The molecular formula is C18H23ClF3N3O. The first-order valence-electron chi connectivity index (χ1n) is 9.12. The van der Waals surface area contributed by atoms with Gasteiger partial charge in [-0.15, -0.1) is 0 Å². The number of hydrogen-bond donors (Lipinski definition) is 1. The normalized spacial score (nSPS) is 20.2. The molecule has 144 valence electrons. The van der Waals surface area contributed by atoms with Crippen LogP contribution in [0.3, 0.4) is 0 Å². The molecule has 1 saturated carbocycles. The van der Waals surface area contributed by atoms with Crippen LogP contribution in [-0.2, 0) is 11.0 Å². The van der Waals surface area contributed by atoms with Crippen molar-refractivity contribution in [3.8, 4) is 0 Å². The summed E-state index contributed by atoms with van der Waals surface area (Å²) in [6.07, 6.45) is 3.33. The maximum absolute atomic E-state index is 12.7. The van der Waals surface area contributed by atoms with E-state index >= 15 is 0 Å². The number of anilines is 1. The highest BCUT2D eigenvalue weighted by Crippen LogP contribution is 2.34. The summed E-state index contributed by atoms with van der Waals surface area (Å²) < 4.78 is 38.2. The van der Waals surface area contributed by atoms with Crippen LogP contribution in [0.25, 0.3) is 0 Å². The second-order valence-corrected chi connectivity index (χ2v) is 7.54. The van der Waals surface area contributed by atoms with Crippen molar-refractivity contribution < 1.29 is 18.0 Å². The van der Waals surface area contributed by atoms with Crippen molar-refractivity contribution >= 4 is 23.3 Å². The number of pyridine rings is 1. The predicted molar refractivity (Wildman–Crippen MR) is 94.2 cm³/mol. The predicted octanol–water partition coefficient (Wildman–Crippen LogP) is 4.42. The molecule has 0 spiro atoms. The molecule has 1 amide bonds. The molecule has 4 nitrogen and oxygen atoms in total. The number of amides is 1. The van der Waals surface area contributed by atoms with Gasteiger partial charge in [0.05, 0.1) is 10.6 Å². The van der Waals surface area contributed by atoms with Crippen molar-refractivity contribution in [2.75, 3.05) is 18.0 Å². The van der Waals surface area contributed by atoms with Crippen molar-refractivity contribution in [3.05, 3.63) is 22.8 Å². The lowest BCUT2D eigenvalue weighted by Crippen LogP contribution is -2.44. The number of nitrogens with one attached hydrogen (secondary N) is 1. The van der Waals surface area contributed by atoms with Crippen molar-refractivity contribution in [2.45, 2.75) is 57.2 Å². The summed E-state index contributed by atoms with van der Waals surface area (Å²) in [6, 6.07) is 1.20. The molecule has 1 aliphatic heterocycles. The maximum atomic E-state index is 12.7. The quantitative estimate of drug-likeness (QED) is 0.832. The molecule has 2 heterocycles. The molecule has 1 N–H and O–H groups in total. The number of carbonyl (C=O) groups excluding carboxylic acids is 1. The van der Waals surface area contributed by atoms with Gasteiger partial charge in [0.15, 0.2) is 0 Å². The average Bonchev–Trinajstić information content (AvgIpc) is 2.62. The Balaban J connectivity index is 1.55. The monoisotopic (exact) mass is 389 g/mol. The minimum atomic E-state index is -4.46. The Bertz CT molecular complexity index is 639. The summed E-state index contributed by atoms with van der Waals surface area (Å²) in [7, 11) is 0. The molecule has 8 heteroatoms. The van der Waals surface area contributed by atoms with Gasteiger partial charge in [-0.2, -0.15) is 13.2 Å². The number of piperidine rings is 1. The lowest BCUT2D eigenvalue weighted by Gasteiger charge is -2.34. The highest BCUT2D eigenvalue weighted by Gasteiger charge is 2.33. The van der Waals surface area contributed by atoms with Crippen LogP contribution in [-0.4, -0.2) is 30.0 Å². The van der Waals surface area contributed by atoms with Crippen LogP contribution >= 0.6 is 11.6 Å². The van der Waals surface area contributed by atoms with E-state index in [-0.39, 0.29) is 16.8 Å². The molecule has 3 rings (SSSR count). The Labute approximate surface area is 156 Å². The Hall–Kier alpha value is -1.50. The summed E-state index contributed by atoms with van der Waals surface area (Å²) in [5, 5.41) is 3.15. The number of alkyl halides is 3. The summed E-state index contributed by atoms with van der Waals surface area (Å²) in [6.45, 7) is 1.11. The topological polar surface area (TPSA) is 45.2 Å². The fraction of sp³-hybridized carbons (Fsp3) is 0.667. The van der Waals surface area contributed by atoms with Crippen molar-refractivity contribution in [1.29, 1.82) is 0 Å². The third-order valence-corrected chi connectivity index (χ3v) is 5.54. The van der Waals surface area contributed by atoms with Gasteiger partial charge in [-0.3, -0.25) is 4.79 Å². The van der Waals surface area contributed by atoms with Gasteiger partial charge in [-0.25, -0.2) is 4.98 Å². The van der Waals surface area contributed by atoms with Gasteiger partial charge in [0.25, 0.3) is 0 Å². The minimum absolute atomic E-state index is 0.00932. The second-order valence-electron chi connectivity index (χ2n) is 7.13. The first-order chi connectivity index (χ1) is 12.3. The maximum Gasteiger partial charge on any atom is 0.417 e. The molecule has 2 fully saturated rings. The standard InChI is InChI=1S/C18H23ClF3N3O/c19-15-10-13(18(20,21)22)11-23-16(15)25-8-6-12(7-9-25)17(26)24-14-4-2-1-3-5-14/h10-12,14H,1-9H2,(H,24,26). The molecule has 0 unspecified atom stereocenters. The average molecular weight is 390 g/mol. The highest BCUT2D eigenvalue weighted by atomic mass is 35.5. The van der Waals surface area contributed by atoms with E-state index in [0.717, 1.165) is 25.1 Å². The fourth-order valence-electron chi connectivity index (χ4n) is 3.74. The number of rotatable bonds is 3. The van der Waals surface area contributed by atoms with Crippen molar-refractivity contribution in [2.24, 2.45) is 5.92 Å². The zero-order valence-electron chi connectivity index (χ0n) is 14.5. The largest absolute Gasteiger partial charge is 0.417 e. The van der Waals surface area contributed by atoms with E-state index in [0.29, 0.717) is 37.8 Å². The molecule has 1 aliphatic carbocycles. The Kier molecular flexibility index (Phi) is 5.95. The molecule has 26 heavy (non-hydrogen) atoms. The Morgan fingerprint density at radius 2 is 1.81 bits per heavy atom. The molecule has 0 atom stereocenters. The number of halogens is 4. The first-order valence-corrected chi connectivity index (χ1v) is 9.50. The van der Waals surface area contributed by atoms with Gasteiger partial charge >= 0.3 is 6.18 Å². The van der Waals surface area contributed by atoms with E-state index in [1.165, 1.54) is 19.3 Å². The molecule has 1 aromatic heterocycles. The lowest BCUT2D eigenvalue weighted by molar-refractivity contribution is -0.137. The van der Waals surface area contributed by atoms with Gasteiger partial charge in [0.1, 0.15) is 5.82 Å². The molecule has 1 aromatic rings. The third kappa shape index (κ3) is 4.61. The van der Waals surface area contributed by atoms with E-state index in [2.05, 4.69) is 10.3 Å². The van der Waals surface area contributed by atoms with E-state index in [9.17, 15) is 18.0 Å². The smallest absolute Gasteiger partial charge is 0.355 e. The van der Waals surface area contributed by atoms with Crippen LogP contribution in [0.1, 0.15) is 50.5 Å². The van der Waals surface area contributed by atoms with Gasteiger partial charge < -0.3 is 10.2 Å². The third-order valence-electron chi connectivity index (χ3n) is 5.27. The van der Waals surface area contributed by atoms with Gasteiger partial charge in [0.2, 0.25) is 5.91 Å². The number of carbonyl (C=O) groups is 1. The lowest BCUT2D eigenvalue weighted by atomic mass is 9.92. The SMILES string of the molecule is O=C(NC1CCCCC1)C1CCN(c2ncc(C(F)(F)F)cc2Cl)CC1. The van der Waals surface area contributed by atoms with Gasteiger partial charge in [0, 0.05) is 31.2 Å². The van der Waals surface area contributed by atoms with Crippen molar-refractivity contribution in [3.63, 3.8) is 0 Å². The van der Waals surface area contributed by atoms with Crippen LogP contribution in [0.5, 0.6) is 0 Å². The fourth-order valence-corrected chi connectivity index (χ4v) is 4.02. The van der Waals surface area contributed by atoms with Crippen LogP contribution in [0.15, 0.2) is 12.3 Å². The number of hydrogen-bond acceptors (Lipinski definition) is 3. The van der Waals surface area contributed by atoms with Crippen molar-refractivity contribution in [1.82, 2.24) is 10.3 Å². The van der Waals surface area contributed by atoms with Crippen LogP contribution in [0.2, 0.25) is 5.02 Å². The van der Waals surface area contributed by atoms with Crippen LogP contribution < -0.4 is 10.2 Å². The summed E-state index contributed by atoms with van der Waals surface area (Å²) in [4.78, 5) is 18.2. The van der Waals surface area contributed by atoms with Crippen LogP contribution in [0.4, 0.5) is 19.0 Å². The van der Waals surface area contributed by atoms with E-state index < -0.39 is 11.7 Å². The zero-order chi connectivity index (χ0) is 18.7. The minimum Gasteiger partial charge on any atom is -0.355 e. The summed E-state index contributed by atoms with van der Waals surface area (Å²) in [5.41, 5.74) is -0.854. The molecule has 1 saturated heterocycles. The molecule has 0 aromatic carbocycles. The number of nitrogens with zero attached hydrogens (tertiary/aromatic N) is 2. The zero-order valence-corrected chi connectivity index (χ0v) is 15.2. The highest BCUT2D eigenvalue weighted by molar-refractivity contribution is 6.33. The summed E-state index contributed by atoms with van der Waals surface area (Å²) >= 11 is 6.01. The first kappa shape index (κ1) is 19.3. The Morgan fingerprint density at radius 3 is 2.38 bits per heavy atom. The number of aromatic nitrogens is 1. The van der Waals surface area contributed by atoms with E-state index in [1.54, 1.807) is 0 Å². The molecule has 0 bridgehead atoms. The molecule has 0 radical (unpaired) electrons. The van der Waals surface area contributed by atoms with E-state index in [1.807, 2.05) is 4.90 Å². The second kappa shape index (κ2) is 8.03. The van der Waals surface area contributed by atoms with Crippen LogP contribution in [0, 0.1) is 5.92 Å². The van der Waals surface area contributed by atoms with E-state index in [4.69, 9.17) is 11.6 Å². The van der Waals surface area contributed by atoms with Gasteiger partial charge in [-0.1, -0.05) is 30.9 Å².